The quantitative estimate of drug-likeness (QED) is 0.910. The zero-order valence-electron chi connectivity index (χ0n) is 13.6. The highest BCUT2D eigenvalue weighted by Gasteiger charge is 2.23. The number of nitrogens with one attached hydrogen (secondary N) is 1. The van der Waals surface area contributed by atoms with Crippen molar-refractivity contribution in [3.63, 3.8) is 0 Å². The van der Waals surface area contributed by atoms with Crippen LogP contribution < -0.4 is 5.32 Å². The highest BCUT2D eigenvalue weighted by molar-refractivity contribution is 5.20. The molecule has 6 nitrogen and oxygen atoms in total. The maximum atomic E-state index is 5.45. The lowest BCUT2D eigenvalue weighted by atomic mass is 9.89. The van der Waals surface area contributed by atoms with Gasteiger partial charge in [-0.05, 0) is 33.6 Å². The summed E-state index contributed by atoms with van der Waals surface area (Å²) in [5.41, 5.74) is 2.02. The van der Waals surface area contributed by atoms with E-state index in [9.17, 15) is 0 Å². The maximum absolute atomic E-state index is 5.45. The average molecular weight is 304 g/mol. The van der Waals surface area contributed by atoms with Crippen molar-refractivity contribution in [1.29, 1.82) is 0 Å². The van der Waals surface area contributed by atoms with Gasteiger partial charge in [-0.25, -0.2) is 0 Å². The Hall–Kier alpha value is -1.69. The van der Waals surface area contributed by atoms with Crippen LogP contribution in [0, 0.1) is 13.8 Å². The maximum Gasteiger partial charge on any atom is 0.243 e. The Morgan fingerprint density at radius 1 is 1.14 bits per heavy atom. The molecule has 1 N–H and O–H groups in total. The van der Waals surface area contributed by atoms with Crippen LogP contribution in [-0.2, 0) is 6.54 Å². The lowest BCUT2D eigenvalue weighted by Crippen LogP contribution is -2.19. The van der Waals surface area contributed by atoms with Crippen molar-refractivity contribution < 1.29 is 9.05 Å². The van der Waals surface area contributed by atoms with Gasteiger partial charge in [0.2, 0.25) is 5.89 Å². The molecule has 1 unspecified atom stereocenters. The summed E-state index contributed by atoms with van der Waals surface area (Å²) in [7, 11) is 0. The molecule has 1 aliphatic rings. The molecule has 0 spiro atoms. The molecule has 1 atom stereocenters. The minimum atomic E-state index is 0.0125. The summed E-state index contributed by atoms with van der Waals surface area (Å²) < 4.78 is 10.6. The second kappa shape index (κ2) is 6.60. The van der Waals surface area contributed by atoms with Gasteiger partial charge in [0.15, 0.2) is 5.82 Å². The molecule has 0 aromatic carbocycles. The fourth-order valence-electron chi connectivity index (χ4n) is 3.05. The number of nitrogens with zero attached hydrogens (tertiary/aromatic N) is 3. The van der Waals surface area contributed by atoms with E-state index < -0.39 is 0 Å². The first-order valence-electron chi connectivity index (χ1n) is 8.13. The molecule has 1 saturated carbocycles. The molecule has 22 heavy (non-hydrogen) atoms. The van der Waals surface area contributed by atoms with E-state index >= 15 is 0 Å². The molecule has 0 bridgehead atoms. The topological polar surface area (TPSA) is 77.0 Å². The van der Waals surface area contributed by atoms with Crippen LogP contribution >= 0.6 is 0 Å². The SMILES string of the molecule is Cc1noc(C)c1CNC(C)c1nc(C2CCCCC2)no1. The lowest BCUT2D eigenvalue weighted by Gasteiger charge is -2.17. The highest BCUT2D eigenvalue weighted by atomic mass is 16.5. The third kappa shape index (κ3) is 3.21. The van der Waals surface area contributed by atoms with Crippen LogP contribution in [0.4, 0.5) is 0 Å². The largest absolute Gasteiger partial charge is 0.361 e. The van der Waals surface area contributed by atoms with Crippen LogP contribution in [0.15, 0.2) is 9.05 Å². The number of hydrogen-bond donors (Lipinski definition) is 1. The molecule has 120 valence electrons. The van der Waals surface area contributed by atoms with Gasteiger partial charge in [-0.2, -0.15) is 4.98 Å². The fourth-order valence-corrected chi connectivity index (χ4v) is 3.05. The van der Waals surface area contributed by atoms with Gasteiger partial charge in [-0.15, -0.1) is 0 Å². The van der Waals surface area contributed by atoms with Crippen molar-refractivity contribution in [2.75, 3.05) is 0 Å². The van der Waals surface area contributed by atoms with E-state index in [4.69, 9.17) is 9.05 Å². The summed E-state index contributed by atoms with van der Waals surface area (Å²) in [6.45, 7) is 6.60. The molecule has 1 fully saturated rings. The summed E-state index contributed by atoms with van der Waals surface area (Å²) in [6, 6.07) is 0.0125. The molecule has 2 aromatic rings. The first-order chi connectivity index (χ1) is 10.6. The molecule has 0 aliphatic heterocycles. The average Bonchev–Trinajstić information content (AvgIpc) is 3.14. The van der Waals surface area contributed by atoms with Crippen molar-refractivity contribution >= 4 is 0 Å². The van der Waals surface area contributed by atoms with Gasteiger partial charge in [0.1, 0.15) is 5.76 Å². The van der Waals surface area contributed by atoms with Gasteiger partial charge in [0.25, 0.3) is 0 Å². The number of hydrogen-bond acceptors (Lipinski definition) is 6. The van der Waals surface area contributed by atoms with E-state index in [2.05, 4.69) is 20.6 Å². The molecule has 0 radical (unpaired) electrons. The van der Waals surface area contributed by atoms with E-state index in [0.29, 0.717) is 18.4 Å². The molecule has 3 rings (SSSR count). The molecule has 1 aliphatic carbocycles. The first kappa shape index (κ1) is 15.2. The first-order valence-corrected chi connectivity index (χ1v) is 8.13. The van der Waals surface area contributed by atoms with Crippen LogP contribution in [-0.4, -0.2) is 15.3 Å². The van der Waals surface area contributed by atoms with E-state index in [1.807, 2.05) is 20.8 Å². The van der Waals surface area contributed by atoms with Gasteiger partial charge in [-0.1, -0.05) is 29.6 Å². The van der Waals surface area contributed by atoms with Crippen LogP contribution in [0.1, 0.15) is 79.7 Å². The molecule has 0 saturated heterocycles. The highest BCUT2D eigenvalue weighted by Crippen LogP contribution is 2.31. The predicted octanol–water partition coefficient (Wildman–Crippen LogP) is 3.57. The van der Waals surface area contributed by atoms with E-state index in [1.165, 1.54) is 32.1 Å². The summed E-state index contributed by atoms with van der Waals surface area (Å²) in [6.07, 6.45) is 6.24. The Bertz CT molecular complexity index is 594. The van der Waals surface area contributed by atoms with Crippen LogP contribution in [0.5, 0.6) is 0 Å². The van der Waals surface area contributed by atoms with Crippen LogP contribution in [0.25, 0.3) is 0 Å². The van der Waals surface area contributed by atoms with Crippen molar-refractivity contribution in [2.45, 2.75) is 71.4 Å². The molecule has 6 heteroatoms. The standard InChI is InChI=1S/C16H24N4O2/c1-10-14(12(3)21-19-10)9-17-11(2)16-18-15(20-22-16)13-7-5-4-6-8-13/h11,13,17H,4-9H2,1-3H3. The Labute approximate surface area is 130 Å². The van der Waals surface area contributed by atoms with Gasteiger partial charge < -0.3 is 14.4 Å². The zero-order chi connectivity index (χ0) is 15.5. The second-order valence-electron chi connectivity index (χ2n) is 6.23. The third-order valence-corrected chi connectivity index (χ3v) is 4.56. The fraction of sp³-hybridized carbons (Fsp3) is 0.688. The number of rotatable bonds is 5. The summed E-state index contributed by atoms with van der Waals surface area (Å²) in [5.74, 6) is 2.86. The van der Waals surface area contributed by atoms with Crippen molar-refractivity contribution in [1.82, 2.24) is 20.6 Å². The smallest absolute Gasteiger partial charge is 0.243 e. The van der Waals surface area contributed by atoms with Gasteiger partial charge in [0, 0.05) is 18.0 Å². The lowest BCUT2D eigenvalue weighted by molar-refractivity contribution is 0.328. The van der Waals surface area contributed by atoms with Gasteiger partial charge in [-0.3, -0.25) is 0 Å². The number of aromatic nitrogens is 3. The minimum Gasteiger partial charge on any atom is -0.361 e. The van der Waals surface area contributed by atoms with E-state index in [1.54, 1.807) is 0 Å². The molecule has 0 amide bonds. The minimum absolute atomic E-state index is 0.0125. The Morgan fingerprint density at radius 2 is 1.91 bits per heavy atom. The molecule has 2 aromatic heterocycles. The normalized spacial score (nSPS) is 17.8. The molecular weight excluding hydrogens is 280 g/mol. The van der Waals surface area contributed by atoms with E-state index in [-0.39, 0.29) is 6.04 Å². The third-order valence-electron chi connectivity index (χ3n) is 4.56. The molecule has 2 heterocycles. The zero-order valence-corrected chi connectivity index (χ0v) is 13.6. The summed E-state index contributed by atoms with van der Waals surface area (Å²) in [4.78, 5) is 4.60. The van der Waals surface area contributed by atoms with Crippen molar-refractivity contribution in [2.24, 2.45) is 0 Å². The Balaban J connectivity index is 1.60. The van der Waals surface area contributed by atoms with Crippen LogP contribution in [0.3, 0.4) is 0 Å². The Morgan fingerprint density at radius 3 is 2.59 bits per heavy atom. The van der Waals surface area contributed by atoms with Crippen LogP contribution in [0.2, 0.25) is 0 Å². The second-order valence-corrected chi connectivity index (χ2v) is 6.23. The molecular formula is C16H24N4O2. The predicted molar refractivity (Wildman–Crippen MR) is 81.4 cm³/mol. The monoisotopic (exact) mass is 304 g/mol. The van der Waals surface area contributed by atoms with Gasteiger partial charge in [0.05, 0.1) is 11.7 Å². The van der Waals surface area contributed by atoms with Gasteiger partial charge >= 0.3 is 0 Å². The summed E-state index contributed by atoms with van der Waals surface area (Å²) >= 11 is 0. The van der Waals surface area contributed by atoms with Crippen molar-refractivity contribution in [3.8, 4) is 0 Å². The summed E-state index contributed by atoms with van der Waals surface area (Å²) in [5, 5.41) is 11.6. The Kier molecular flexibility index (Phi) is 4.57. The number of aryl methyl sites for hydroxylation is 2. The van der Waals surface area contributed by atoms with Crippen molar-refractivity contribution in [3.05, 3.63) is 28.7 Å². The van der Waals surface area contributed by atoms with E-state index in [0.717, 1.165) is 22.8 Å².